The Kier molecular flexibility index (Phi) is 9.15. The van der Waals surface area contributed by atoms with E-state index in [0.717, 1.165) is 31.9 Å². The predicted molar refractivity (Wildman–Crippen MR) is 137 cm³/mol. The van der Waals surface area contributed by atoms with Crippen LogP contribution < -0.4 is 14.4 Å². The number of anilines is 2. The molecule has 0 spiro atoms. The number of amides is 1. The molecule has 0 bridgehead atoms. The van der Waals surface area contributed by atoms with E-state index >= 15 is 0 Å². The lowest BCUT2D eigenvalue weighted by Crippen LogP contribution is -2.32. The van der Waals surface area contributed by atoms with Crippen LogP contribution in [0.4, 0.5) is 11.4 Å². The van der Waals surface area contributed by atoms with Gasteiger partial charge < -0.3 is 10.1 Å². The average Bonchev–Trinajstić information content (AvgIpc) is 3.12. The summed E-state index contributed by atoms with van der Waals surface area (Å²) in [6, 6.07) is 12.9. The first-order chi connectivity index (χ1) is 16.6. The Morgan fingerprint density at radius 1 is 0.971 bits per heavy atom. The first-order valence-corrected chi connectivity index (χ1v) is 14.9. The van der Waals surface area contributed by atoms with Crippen molar-refractivity contribution in [1.82, 2.24) is 4.31 Å². The summed E-state index contributed by atoms with van der Waals surface area (Å²) >= 11 is 0. The van der Waals surface area contributed by atoms with Gasteiger partial charge in [-0.2, -0.15) is 4.31 Å². The summed E-state index contributed by atoms with van der Waals surface area (Å²) in [5.74, 6) is 0.138. The zero-order chi connectivity index (χ0) is 25.5. The molecule has 0 atom stereocenters. The molecule has 1 saturated heterocycles. The highest BCUT2D eigenvalue weighted by molar-refractivity contribution is 7.92. The van der Waals surface area contributed by atoms with E-state index in [1.165, 1.54) is 27.9 Å². The van der Waals surface area contributed by atoms with Crippen molar-refractivity contribution in [3.63, 3.8) is 0 Å². The highest BCUT2D eigenvalue weighted by atomic mass is 32.2. The topological polar surface area (TPSA) is 113 Å². The Hall–Kier alpha value is -2.63. The largest absolute Gasteiger partial charge is 0.495 e. The van der Waals surface area contributed by atoms with Gasteiger partial charge in [0.1, 0.15) is 5.75 Å². The van der Waals surface area contributed by atoms with Crippen LogP contribution in [0.2, 0.25) is 0 Å². The van der Waals surface area contributed by atoms with E-state index < -0.39 is 20.0 Å². The Labute approximate surface area is 208 Å². The van der Waals surface area contributed by atoms with Gasteiger partial charge in [0.2, 0.25) is 26.0 Å². The Balaban J connectivity index is 1.58. The number of sulfonamides is 2. The van der Waals surface area contributed by atoms with Gasteiger partial charge >= 0.3 is 0 Å². The van der Waals surface area contributed by atoms with Crippen molar-refractivity contribution in [1.29, 1.82) is 0 Å². The molecule has 1 heterocycles. The highest BCUT2D eigenvalue weighted by Crippen LogP contribution is 2.29. The molecule has 0 aliphatic carbocycles. The summed E-state index contributed by atoms with van der Waals surface area (Å²) in [7, 11) is -5.66. The molecular formula is C24H33N3O6S2. The first-order valence-electron chi connectivity index (χ1n) is 11.6. The van der Waals surface area contributed by atoms with Gasteiger partial charge in [0, 0.05) is 31.7 Å². The number of carbonyl (C=O) groups excluding carboxylic acids is 1. The van der Waals surface area contributed by atoms with E-state index in [0.29, 0.717) is 36.6 Å². The number of hydrogen-bond acceptors (Lipinski definition) is 6. The third-order valence-electron chi connectivity index (χ3n) is 5.86. The second-order valence-corrected chi connectivity index (χ2v) is 12.3. The SMILES string of the molecule is COc1ccccc1N(CCCC(=O)Nc1ccc(S(=O)(=O)N2CCCCCC2)cc1)S(C)(=O)=O. The van der Waals surface area contributed by atoms with Crippen molar-refractivity contribution in [3.05, 3.63) is 48.5 Å². The van der Waals surface area contributed by atoms with Gasteiger partial charge in [-0.25, -0.2) is 16.8 Å². The van der Waals surface area contributed by atoms with E-state index in [-0.39, 0.29) is 23.8 Å². The summed E-state index contributed by atoms with van der Waals surface area (Å²) < 4.78 is 58.5. The molecule has 1 fully saturated rings. The third-order valence-corrected chi connectivity index (χ3v) is 8.95. The monoisotopic (exact) mass is 523 g/mol. The van der Waals surface area contributed by atoms with Gasteiger partial charge in [0.25, 0.3) is 0 Å². The summed E-state index contributed by atoms with van der Waals surface area (Å²) in [6.45, 7) is 1.17. The normalized spacial score (nSPS) is 15.3. The van der Waals surface area contributed by atoms with Crippen molar-refractivity contribution in [2.24, 2.45) is 0 Å². The zero-order valence-electron chi connectivity index (χ0n) is 20.1. The molecule has 192 valence electrons. The van der Waals surface area contributed by atoms with E-state index in [9.17, 15) is 21.6 Å². The molecular weight excluding hydrogens is 490 g/mol. The standard InChI is InChI=1S/C24H33N3O6S2/c1-33-23-11-6-5-10-22(23)27(34(2,29)30)19-9-12-24(28)25-20-13-15-21(16-14-20)35(31,32)26-17-7-3-4-8-18-26/h5-6,10-11,13-16H,3-4,7-9,12,17-19H2,1-2H3,(H,25,28). The van der Waals surface area contributed by atoms with Crippen molar-refractivity contribution in [2.75, 3.05) is 42.6 Å². The fraction of sp³-hybridized carbons (Fsp3) is 0.458. The maximum Gasteiger partial charge on any atom is 0.243 e. The lowest BCUT2D eigenvalue weighted by molar-refractivity contribution is -0.116. The number of rotatable bonds is 10. The molecule has 35 heavy (non-hydrogen) atoms. The maximum absolute atomic E-state index is 12.9. The Morgan fingerprint density at radius 2 is 1.60 bits per heavy atom. The fourth-order valence-corrected chi connectivity index (χ4v) is 6.53. The van der Waals surface area contributed by atoms with Crippen LogP contribution in [-0.2, 0) is 24.8 Å². The minimum absolute atomic E-state index is 0.0923. The number of methoxy groups -OCH3 is 1. The van der Waals surface area contributed by atoms with Crippen LogP contribution in [0.3, 0.4) is 0 Å². The molecule has 2 aromatic rings. The first kappa shape index (κ1) is 27.0. The average molecular weight is 524 g/mol. The van der Waals surface area contributed by atoms with Gasteiger partial charge in [-0.05, 0) is 55.7 Å². The van der Waals surface area contributed by atoms with Crippen molar-refractivity contribution >= 4 is 37.3 Å². The summed E-state index contributed by atoms with van der Waals surface area (Å²) in [4.78, 5) is 12.6. The molecule has 0 saturated carbocycles. The number of hydrogen-bond donors (Lipinski definition) is 1. The van der Waals surface area contributed by atoms with Gasteiger partial charge in [-0.1, -0.05) is 25.0 Å². The van der Waals surface area contributed by atoms with Crippen LogP contribution in [0, 0.1) is 0 Å². The van der Waals surface area contributed by atoms with Gasteiger partial charge in [0.15, 0.2) is 0 Å². The number of nitrogens with zero attached hydrogens (tertiary/aromatic N) is 2. The molecule has 1 aliphatic heterocycles. The van der Waals surface area contributed by atoms with Crippen LogP contribution in [-0.4, -0.2) is 60.0 Å². The molecule has 0 aromatic heterocycles. The quantitative estimate of drug-likeness (QED) is 0.510. The van der Waals surface area contributed by atoms with Crippen molar-refractivity contribution in [2.45, 2.75) is 43.4 Å². The summed E-state index contributed by atoms with van der Waals surface area (Å²) in [5, 5.41) is 2.74. The molecule has 3 rings (SSSR count). The minimum Gasteiger partial charge on any atom is -0.495 e. The molecule has 1 amide bonds. The van der Waals surface area contributed by atoms with Gasteiger partial charge in [-0.3, -0.25) is 9.10 Å². The lowest BCUT2D eigenvalue weighted by atomic mass is 10.2. The van der Waals surface area contributed by atoms with Crippen LogP contribution in [0.25, 0.3) is 0 Å². The number of carbonyl (C=O) groups is 1. The maximum atomic E-state index is 12.9. The third kappa shape index (κ3) is 7.18. The smallest absolute Gasteiger partial charge is 0.243 e. The van der Waals surface area contributed by atoms with Crippen LogP contribution in [0.15, 0.2) is 53.4 Å². The molecule has 9 nitrogen and oxygen atoms in total. The number of ether oxygens (including phenoxy) is 1. The van der Waals surface area contributed by atoms with E-state index in [1.54, 1.807) is 36.4 Å². The number of nitrogens with one attached hydrogen (secondary N) is 1. The minimum atomic E-state index is -3.58. The van der Waals surface area contributed by atoms with E-state index in [2.05, 4.69) is 5.32 Å². The highest BCUT2D eigenvalue weighted by Gasteiger charge is 2.25. The molecule has 2 aromatic carbocycles. The molecule has 0 unspecified atom stereocenters. The zero-order valence-corrected chi connectivity index (χ0v) is 21.8. The summed E-state index contributed by atoms with van der Waals surface area (Å²) in [5.41, 5.74) is 0.897. The Bertz CT molecular complexity index is 1210. The second-order valence-electron chi connectivity index (χ2n) is 8.50. The van der Waals surface area contributed by atoms with Crippen LogP contribution >= 0.6 is 0 Å². The second kappa shape index (κ2) is 11.9. The lowest BCUT2D eigenvalue weighted by Gasteiger charge is -2.24. The number of para-hydroxylation sites is 2. The van der Waals surface area contributed by atoms with Gasteiger partial charge in [0.05, 0.1) is 23.9 Å². The Morgan fingerprint density at radius 3 is 2.20 bits per heavy atom. The molecule has 1 aliphatic rings. The predicted octanol–water partition coefficient (Wildman–Crippen LogP) is 3.44. The van der Waals surface area contributed by atoms with Crippen LogP contribution in [0.5, 0.6) is 5.75 Å². The summed E-state index contributed by atoms with van der Waals surface area (Å²) in [6.07, 6.45) is 5.30. The number of benzene rings is 2. The fourth-order valence-electron chi connectivity index (χ4n) is 4.05. The van der Waals surface area contributed by atoms with Crippen molar-refractivity contribution < 1.29 is 26.4 Å². The molecule has 1 N–H and O–H groups in total. The molecule has 11 heteroatoms. The van der Waals surface area contributed by atoms with Gasteiger partial charge in [-0.15, -0.1) is 0 Å². The van der Waals surface area contributed by atoms with E-state index in [1.807, 2.05) is 0 Å². The molecule has 0 radical (unpaired) electrons. The van der Waals surface area contributed by atoms with Crippen molar-refractivity contribution in [3.8, 4) is 5.75 Å². The van der Waals surface area contributed by atoms with Crippen LogP contribution in [0.1, 0.15) is 38.5 Å². The van der Waals surface area contributed by atoms with E-state index in [4.69, 9.17) is 4.74 Å².